The third kappa shape index (κ3) is 1.68. The summed E-state index contributed by atoms with van der Waals surface area (Å²) in [6.07, 6.45) is 0.922. The van der Waals surface area contributed by atoms with Crippen LogP contribution in [0.1, 0.15) is 5.56 Å². The van der Waals surface area contributed by atoms with Gasteiger partial charge < -0.3 is 5.73 Å². The van der Waals surface area contributed by atoms with Crippen molar-refractivity contribution in [1.29, 1.82) is 0 Å². The van der Waals surface area contributed by atoms with Crippen LogP contribution >= 0.6 is 15.9 Å². The third-order valence-corrected chi connectivity index (χ3v) is 3.29. The highest BCUT2D eigenvalue weighted by Crippen LogP contribution is 2.27. The molecule has 2 heteroatoms. The number of hydrogen-bond donors (Lipinski definition) is 1. The second kappa shape index (κ2) is 4.11. The van der Waals surface area contributed by atoms with Gasteiger partial charge in [0.05, 0.1) is 0 Å². The van der Waals surface area contributed by atoms with Crippen LogP contribution in [-0.2, 0) is 6.42 Å². The Morgan fingerprint density at radius 3 is 2.64 bits per heavy atom. The van der Waals surface area contributed by atoms with E-state index >= 15 is 0 Å². The van der Waals surface area contributed by atoms with E-state index in [2.05, 4.69) is 52.3 Å². The first kappa shape index (κ1) is 9.69. The molecule has 0 aliphatic rings. The zero-order chi connectivity index (χ0) is 9.97. The molecular weight excluding hydrogens is 238 g/mol. The normalized spacial score (nSPS) is 10.7. The van der Waals surface area contributed by atoms with Crippen LogP contribution in [-0.4, -0.2) is 6.54 Å². The van der Waals surface area contributed by atoms with Crippen LogP contribution in [0, 0.1) is 0 Å². The average Bonchev–Trinajstić information content (AvgIpc) is 2.23. The first-order valence-corrected chi connectivity index (χ1v) is 5.48. The summed E-state index contributed by atoms with van der Waals surface area (Å²) < 4.78 is 1.18. The van der Waals surface area contributed by atoms with Gasteiger partial charge in [0.15, 0.2) is 0 Å². The van der Waals surface area contributed by atoms with Crippen molar-refractivity contribution in [3.63, 3.8) is 0 Å². The maximum Gasteiger partial charge on any atom is 0.0286 e. The first-order valence-electron chi connectivity index (χ1n) is 4.69. The quantitative estimate of drug-likeness (QED) is 0.870. The lowest BCUT2D eigenvalue weighted by Crippen LogP contribution is -2.03. The molecule has 0 amide bonds. The molecule has 0 aliphatic carbocycles. The number of nitrogens with two attached hydrogens (primary N) is 1. The van der Waals surface area contributed by atoms with Gasteiger partial charge in [-0.3, -0.25) is 0 Å². The summed E-state index contributed by atoms with van der Waals surface area (Å²) >= 11 is 3.63. The van der Waals surface area contributed by atoms with E-state index in [1.54, 1.807) is 0 Å². The van der Waals surface area contributed by atoms with E-state index in [1.165, 1.54) is 20.8 Å². The smallest absolute Gasteiger partial charge is 0.0286 e. The summed E-state index contributed by atoms with van der Waals surface area (Å²) in [4.78, 5) is 0. The molecule has 0 aliphatic heterocycles. The Kier molecular flexibility index (Phi) is 2.85. The Balaban J connectivity index is 2.63. The SMILES string of the molecule is NCCc1ccc2ccccc2c1Br. The van der Waals surface area contributed by atoms with Crippen molar-refractivity contribution in [3.8, 4) is 0 Å². The van der Waals surface area contributed by atoms with E-state index in [0.29, 0.717) is 6.54 Å². The maximum atomic E-state index is 5.55. The zero-order valence-electron chi connectivity index (χ0n) is 7.83. The fraction of sp³-hybridized carbons (Fsp3) is 0.167. The fourth-order valence-corrected chi connectivity index (χ4v) is 2.32. The van der Waals surface area contributed by atoms with Crippen molar-refractivity contribution in [2.24, 2.45) is 5.73 Å². The minimum atomic E-state index is 0.691. The number of rotatable bonds is 2. The molecule has 0 heterocycles. The Morgan fingerprint density at radius 1 is 1.07 bits per heavy atom. The minimum Gasteiger partial charge on any atom is -0.330 e. The van der Waals surface area contributed by atoms with Crippen LogP contribution in [0.25, 0.3) is 10.8 Å². The monoisotopic (exact) mass is 249 g/mol. The van der Waals surface area contributed by atoms with Gasteiger partial charge in [0.25, 0.3) is 0 Å². The third-order valence-electron chi connectivity index (χ3n) is 2.36. The Hall–Kier alpha value is -0.860. The second-order valence-electron chi connectivity index (χ2n) is 3.30. The van der Waals surface area contributed by atoms with Crippen molar-refractivity contribution in [2.45, 2.75) is 6.42 Å². The van der Waals surface area contributed by atoms with E-state index in [-0.39, 0.29) is 0 Å². The summed E-state index contributed by atoms with van der Waals surface area (Å²) in [6.45, 7) is 0.691. The number of hydrogen-bond acceptors (Lipinski definition) is 1. The highest BCUT2D eigenvalue weighted by atomic mass is 79.9. The van der Waals surface area contributed by atoms with E-state index in [9.17, 15) is 0 Å². The van der Waals surface area contributed by atoms with E-state index < -0.39 is 0 Å². The minimum absolute atomic E-state index is 0.691. The molecule has 2 aromatic rings. The maximum absolute atomic E-state index is 5.55. The van der Waals surface area contributed by atoms with Gasteiger partial charge in [-0.1, -0.05) is 36.4 Å². The molecule has 2 N–H and O–H groups in total. The van der Waals surface area contributed by atoms with Crippen molar-refractivity contribution < 1.29 is 0 Å². The van der Waals surface area contributed by atoms with Crippen LogP contribution in [0.15, 0.2) is 40.9 Å². The summed E-state index contributed by atoms with van der Waals surface area (Å²) in [7, 11) is 0. The summed E-state index contributed by atoms with van der Waals surface area (Å²) in [5.74, 6) is 0. The molecule has 72 valence electrons. The molecule has 1 nitrogen and oxygen atoms in total. The first-order chi connectivity index (χ1) is 6.83. The Bertz CT molecular complexity index is 451. The highest BCUT2D eigenvalue weighted by molar-refractivity contribution is 9.10. The molecule has 0 radical (unpaired) electrons. The predicted molar refractivity (Wildman–Crippen MR) is 64.4 cm³/mol. The largest absolute Gasteiger partial charge is 0.330 e. The summed E-state index contributed by atoms with van der Waals surface area (Å²) in [6, 6.07) is 12.6. The van der Waals surface area contributed by atoms with Gasteiger partial charge in [-0.2, -0.15) is 0 Å². The molecule has 0 atom stereocenters. The molecule has 0 spiro atoms. The number of halogens is 1. The molecule has 14 heavy (non-hydrogen) atoms. The van der Waals surface area contributed by atoms with E-state index in [4.69, 9.17) is 5.73 Å². The molecule has 2 rings (SSSR count). The molecule has 0 bridgehead atoms. The summed E-state index contributed by atoms with van der Waals surface area (Å²) in [5.41, 5.74) is 6.84. The van der Waals surface area contributed by atoms with Crippen LogP contribution in [0.3, 0.4) is 0 Å². The van der Waals surface area contributed by atoms with Gasteiger partial charge in [-0.15, -0.1) is 0 Å². The van der Waals surface area contributed by atoms with Crippen LogP contribution in [0.4, 0.5) is 0 Å². The summed E-state index contributed by atoms with van der Waals surface area (Å²) in [5, 5.41) is 2.53. The lowest BCUT2D eigenvalue weighted by Gasteiger charge is -2.06. The zero-order valence-corrected chi connectivity index (χ0v) is 9.42. The Morgan fingerprint density at radius 2 is 1.86 bits per heavy atom. The van der Waals surface area contributed by atoms with Gasteiger partial charge in [-0.25, -0.2) is 0 Å². The lowest BCUT2D eigenvalue weighted by molar-refractivity contribution is 0.966. The Labute approximate surface area is 92.1 Å². The predicted octanol–water partition coefficient (Wildman–Crippen LogP) is 3.10. The number of benzene rings is 2. The van der Waals surface area contributed by atoms with Crippen molar-refractivity contribution in [1.82, 2.24) is 0 Å². The topological polar surface area (TPSA) is 26.0 Å². The van der Waals surface area contributed by atoms with Gasteiger partial charge in [-0.05, 0) is 45.2 Å². The number of fused-ring (bicyclic) bond motifs is 1. The molecule has 0 unspecified atom stereocenters. The molecule has 0 saturated carbocycles. The molecule has 2 aromatic carbocycles. The van der Waals surface area contributed by atoms with E-state index in [0.717, 1.165) is 6.42 Å². The van der Waals surface area contributed by atoms with Crippen LogP contribution < -0.4 is 5.73 Å². The fourth-order valence-electron chi connectivity index (χ4n) is 1.63. The van der Waals surface area contributed by atoms with Gasteiger partial charge >= 0.3 is 0 Å². The van der Waals surface area contributed by atoms with Gasteiger partial charge in [0, 0.05) is 4.47 Å². The van der Waals surface area contributed by atoms with Crippen molar-refractivity contribution >= 4 is 26.7 Å². The molecule has 0 aromatic heterocycles. The van der Waals surface area contributed by atoms with Crippen molar-refractivity contribution in [3.05, 3.63) is 46.4 Å². The average molecular weight is 250 g/mol. The molecular formula is C12H12BrN. The van der Waals surface area contributed by atoms with E-state index in [1.807, 2.05) is 0 Å². The van der Waals surface area contributed by atoms with Gasteiger partial charge in [0.2, 0.25) is 0 Å². The molecule has 0 saturated heterocycles. The lowest BCUT2D eigenvalue weighted by atomic mass is 10.1. The van der Waals surface area contributed by atoms with Crippen LogP contribution in [0.5, 0.6) is 0 Å². The van der Waals surface area contributed by atoms with Crippen LogP contribution in [0.2, 0.25) is 0 Å². The molecule has 0 fully saturated rings. The standard InChI is InChI=1S/C12H12BrN/c13-12-10(7-8-14)6-5-9-3-1-2-4-11(9)12/h1-6H,7-8,14H2. The highest BCUT2D eigenvalue weighted by Gasteiger charge is 2.02. The van der Waals surface area contributed by atoms with Crippen molar-refractivity contribution in [2.75, 3.05) is 6.54 Å². The van der Waals surface area contributed by atoms with Gasteiger partial charge in [0.1, 0.15) is 0 Å². The second-order valence-corrected chi connectivity index (χ2v) is 4.09.